The van der Waals surface area contributed by atoms with Crippen LogP contribution in [0.15, 0.2) is 33.7 Å². The highest BCUT2D eigenvalue weighted by Crippen LogP contribution is 2.29. The molecule has 23 heavy (non-hydrogen) atoms. The average molecular weight is 337 g/mol. The van der Waals surface area contributed by atoms with Gasteiger partial charge in [-0.25, -0.2) is 8.42 Å². The van der Waals surface area contributed by atoms with Gasteiger partial charge in [0.25, 0.3) is 0 Å². The Hall–Kier alpha value is -1.77. The minimum absolute atomic E-state index is 0.214. The van der Waals surface area contributed by atoms with Gasteiger partial charge >= 0.3 is 0 Å². The predicted octanol–water partition coefficient (Wildman–Crippen LogP) is 1.70. The van der Waals surface area contributed by atoms with Crippen LogP contribution < -0.4 is 0 Å². The summed E-state index contributed by atoms with van der Waals surface area (Å²) < 4.78 is 37.7. The zero-order valence-corrected chi connectivity index (χ0v) is 13.9. The summed E-state index contributed by atoms with van der Waals surface area (Å²) in [4.78, 5) is 4.42. The molecule has 124 valence electrons. The molecule has 0 bridgehead atoms. The maximum atomic E-state index is 13.0. The number of hydrogen-bond donors (Lipinski definition) is 0. The molecule has 2 aromatic rings. The molecule has 8 heteroatoms. The Morgan fingerprint density at radius 3 is 2.65 bits per heavy atom. The predicted molar refractivity (Wildman–Crippen MR) is 82.3 cm³/mol. The molecule has 1 aromatic heterocycles. The van der Waals surface area contributed by atoms with Crippen molar-refractivity contribution in [3.05, 3.63) is 41.5 Å². The van der Waals surface area contributed by atoms with Crippen molar-refractivity contribution in [3.8, 4) is 0 Å². The number of rotatable bonds is 4. The Morgan fingerprint density at radius 2 is 2.04 bits per heavy atom. The molecule has 1 saturated heterocycles. The molecule has 7 nitrogen and oxygen atoms in total. The van der Waals surface area contributed by atoms with E-state index < -0.39 is 16.1 Å². The van der Waals surface area contributed by atoms with Crippen molar-refractivity contribution in [1.82, 2.24) is 14.4 Å². The second-order valence-corrected chi connectivity index (χ2v) is 7.27. The molecule has 3 rings (SSSR count). The molecule has 0 N–H and O–H groups in total. The summed E-state index contributed by atoms with van der Waals surface area (Å²) in [5.41, 5.74) is 1.09. The summed E-state index contributed by atoms with van der Waals surface area (Å²) in [5, 5.41) is 3.85. The summed E-state index contributed by atoms with van der Waals surface area (Å²) in [7, 11) is -3.64. The van der Waals surface area contributed by atoms with Gasteiger partial charge in [0, 0.05) is 13.5 Å². The highest BCUT2D eigenvalue weighted by Gasteiger charge is 2.37. The van der Waals surface area contributed by atoms with Crippen LogP contribution in [0.3, 0.4) is 0 Å². The molecule has 0 aliphatic carbocycles. The van der Waals surface area contributed by atoms with Gasteiger partial charge < -0.3 is 9.26 Å². The first kappa shape index (κ1) is 16.1. The van der Waals surface area contributed by atoms with E-state index in [0.29, 0.717) is 18.3 Å². The van der Waals surface area contributed by atoms with Crippen molar-refractivity contribution < 1.29 is 17.7 Å². The Balaban J connectivity index is 1.95. The Bertz CT molecular complexity index is 770. The lowest BCUT2D eigenvalue weighted by Crippen LogP contribution is -2.43. The molecule has 0 spiro atoms. The quantitative estimate of drug-likeness (QED) is 0.844. The molecular formula is C15H19N3O4S. The van der Waals surface area contributed by atoms with Crippen LogP contribution in [0.4, 0.5) is 0 Å². The number of morpholine rings is 1. The van der Waals surface area contributed by atoms with E-state index in [1.54, 1.807) is 19.1 Å². The van der Waals surface area contributed by atoms with Gasteiger partial charge in [0.05, 0.1) is 18.1 Å². The number of benzene rings is 1. The van der Waals surface area contributed by atoms with E-state index >= 15 is 0 Å². The maximum Gasteiger partial charge on any atom is 0.243 e. The second-order valence-electron chi connectivity index (χ2n) is 5.38. The largest absolute Gasteiger partial charge is 0.378 e. The lowest BCUT2D eigenvalue weighted by molar-refractivity contribution is 0.0282. The molecule has 0 radical (unpaired) electrons. The molecule has 1 aliphatic heterocycles. The zero-order chi connectivity index (χ0) is 16.4. The summed E-state index contributed by atoms with van der Waals surface area (Å²) in [6, 6.07) is 6.38. The van der Waals surface area contributed by atoms with Crippen molar-refractivity contribution in [1.29, 1.82) is 0 Å². The molecule has 0 amide bonds. The van der Waals surface area contributed by atoms with Crippen LogP contribution in [-0.4, -0.2) is 42.6 Å². The lowest BCUT2D eigenvalue weighted by Gasteiger charge is -2.32. The fourth-order valence-corrected chi connectivity index (χ4v) is 4.12. The van der Waals surface area contributed by atoms with E-state index in [1.807, 2.05) is 19.1 Å². The van der Waals surface area contributed by atoms with Gasteiger partial charge in [-0.05, 0) is 24.1 Å². The average Bonchev–Trinajstić information content (AvgIpc) is 3.01. The number of nitrogens with zero attached hydrogens (tertiary/aromatic N) is 3. The van der Waals surface area contributed by atoms with Crippen LogP contribution in [-0.2, 0) is 21.2 Å². The first-order chi connectivity index (χ1) is 11.0. The van der Waals surface area contributed by atoms with Gasteiger partial charge in [-0.1, -0.05) is 24.2 Å². The molecule has 1 aromatic carbocycles. The molecule has 1 atom stereocenters. The minimum Gasteiger partial charge on any atom is -0.378 e. The van der Waals surface area contributed by atoms with Crippen molar-refractivity contribution in [2.24, 2.45) is 0 Å². The van der Waals surface area contributed by atoms with Gasteiger partial charge in [-0.2, -0.15) is 9.29 Å². The van der Waals surface area contributed by atoms with E-state index in [0.717, 1.165) is 12.0 Å². The third kappa shape index (κ3) is 3.15. The van der Waals surface area contributed by atoms with Gasteiger partial charge in [-0.3, -0.25) is 0 Å². The molecule has 1 unspecified atom stereocenters. The fourth-order valence-electron chi connectivity index (χ4n) is 2.56. The normalized spacial score (nSPS) is 19.8. The van der Waals surface area contributed by atoms with Crippen LogP contribution in [0.2, 0.25) is 0 Å². The Labute approximate surface area is 135 Å². The number of sulfonamides is 1. The second kappa shape index (κ2) is 6.38. The number of ether oxygens (including phenoxy) is 1. The van der Waals surface area contributed by atoms with E-state index in [9.17, 15) is 8.42 Å². The standard InChI is InChI=1S/C15H19N3O4S/c1-3-12-4-6-13(7-5-12)23(19,20)18-8-9-21-10-14(18)15-16-11(2)22-17-15/h4-7,14H,3,8-10H2,1-2H3. The van der Waals surface area contributed by atoms with Crippen molar-refractivity contribution in [2.75, 3.05) is 19.8 Å². The lowest BCUT2D eigenvalue weighted by atomic mass is 10.2. The van der Waals surface area contributed by atoms with E-state index in [-0.39, 0.29) is 18.0 Å². The van der Waals surface area contributed by atoms with Crippen molar-refractivity contribution in [2.45, 2.75) is 31.2 Å². The third-order valence-corrected chi connectivity index (χ3v) is 5.78. The molecular weight excluding hydrogens is 318 g/mol. The molecule has 1 fully saturated rings. The van der Waals surface area contributed by atoms with Crippen LogP contribution >= 0.6 is 0 Å². The monoisotopic (exact) mass is 337 g/mol. The number of hydrogen-bond acceptors (Lipinski definition) is 6. The topological polar surface area (TPSA) is 85.5 Å². The molecule has 0 saturated carbocycles. The first-order valence-electron chi connectivity index (χ1n) is 7.51. The third-order valence-electron chi connectivity index (χ3n) is 3.86. The smallest absolute Gasteiger partial charge is 0.243 e. The van der Waals surface area contributed by atoms with E-state index in [2.05, 4.69) is 10.1 Å². The molecule has 2 heterocycles. The van der Waals surface area contributed by atoms with Crippen LogP contribution in [0, 0.1) is 6.92 Å². The highest BCUT2D eigenvalue weighted by molar-refractivity contribution is 7.89. The van der Waals surface area contributed by atoms with E-state index in [4.69, 9.17) is 9.26 Å². The summed E-state index contributed by atoms with van der Waals surface area (Å²) in [6.07, 6.45) is 0.864. The van der Waals surface area contributed by atoms with Crippen molar-refractivity contribution in [3.63, 3.8) is 0 Å². The Morgan fingerprint density at radius 1 is 1.30 bits per heavy atom. The maximum absolute atomic E-state index is 13.0. The van der Waals surface area contributed by atoms with Crippen molar-refractivity contribution >= 4 is 10.0 Å². The number of aryl methyl sites for hydroxylation is 2. The Kier molecular flexibility index (Phi) is 4.47. The number of aromatic nitrogens is 2. The van der Waals surface area contributed by atoms with Gasteiger partial charge in [0.15, 0.2) is 5.82 Å². The fraction of sp³-hybridized carbons (Fsp3) is 0.467. The zero-order valence-electron chi connectivity index (χ0n) is 13.1. The van der Waals surface area contributed by atoms with Gasteiger partial charge in [0.2, 0.25) is 15.9 Å². The SMILES string of the molecule is CCc1ccc(S(=O)(=O)N2CCOCC2c2noc(C)n2)cc1. The highest BCUT2D eigenvalue weighted by atomic mass is 32.2. The van der Waals surface area contributed by atoms with Gasteiger partial charge in [0.1, 0.15) is 6.04 Å². The minimum atomic E-state index is -3.64. The summed E-state index contributed by atoms with van der Waals surface area (Å²) in [6.45, 7) is 4.52. The first-order valence-corrected chi connectivity index (χ1v) is 8.95. The molecule has 1 aliphatic rings. The summed E-state index contributed by atoms with van der Waals surface area (Å²) >= 11 is 0. The summed E-state index contributed by atoms with van der Waals surface area (Å²) in [5.74, 6) is 0.728. The van der Waals surface area contributed by atoms with Crippen LogP contribution in [0.25, 0.3) is 0 Å². The van der Waals surface area contributed by atoms with E-state index in [1.165, 1.54) is 4.31 Å². The van der Waals surface area contributed by atoms with Crippen LogP contribution in [0.1, 0.15) is 30.2 Å². The van der Waals surface area contributed by atoms with Gasteiger partial charge in [-0.15, -0.1) is 0 Å². The van der Waals surface area contributed by atoms with Crippen LogP contribution in [0.5, 0.6) is 0 Å².